The molecule has 6 nitrogen and oxygen atoms in total. The molecule has 1 aromatic heterocycles. The Kier molecular flexibility index (Phi) is 5.17. The molecule has 5 rings (SSSR count). The lowest BCUT2D eigenvalue weighted by Crippen LogP contribution is -2.29. The summed E-state index contributed by atoms with van der Waals surface area (Å²) in [5.41, 5.74) is 1.97. The molecular formula is C26H21FN2O4. The number of rotatable bonds is 4. The van der Waals surface area contributed by atoms with E-state index in [0.717, 1.165) is 11.3 Å². The molecule has 1 amide bonds. The molecule has 2 aromatic carbocycles. The van der Waals surface area contributed by atoms with Crippen LogP contribution in [0.5, 0.6) is 5.75 Å². The maximum Gasteiger partial charge on any atom is 0.295 e. The number of ether oxygens (including phenoxy) is 1. The van der Waals surface area contributed by atoms with Gasteiger partial charge in [0, 0.05) is 36.5 Å². The fraction of sp³-hybridized carbons (Fsp3) is 0.192. The summed E-state index contributed by atoms with van der Waals surface area (Å²) in [5, 5.41) is 11.2. The second-order valence-electron chi connectivity index (χ2n) is 8.26. The monoisotopic (exact) mass is 444 g/mol. The van der Waals surface area contributed by atoms with E-state index in [0.29, 0.717) is 17.5 Å². The van der Waals surface area contributed by atoms with Gasteiger partial charge >= 0.3 is 0 Å². The molecule has 1 saturated heterocycles. The van der Waals surface area contributed by atoms with Crippen molar-refractivity contribution in [2.45, 2.75) is 32.0 Å². The molecule has 7 heteroatoms. The maximum atomic E-state index is 14.9. The first kappa shape index (κ1) is 20.9. The first-order valence-electron chi connectivity index (χ1n) is 10.7. The highest BCUT2D eigenvalue weighted by Crippen LogP contribution is 2.42. The van der Waals surface area contributed by atoms with E-state index in [-0.39, 0.29) is 29.5 Å². The number of ketones is 1. The summed E-state index contributed by atoms with van der Waals surface area (Å²) in [5.74, 6) is -1.83. The van der Waals surface area contributed by atoms with Gasteiger partial charge in [-0.1, -0.05) is 24.3 Å². The summed E-state index contributed by atoms with van der Waals surface area (Å²) in [7, 11) is 0. The quantitative estimate of drug-likeness (QED) is 0.371. The predicted molar refractivity (Wildman–Crippen MR) is 119 cm³/mol. The van der Waals surface area contributed by atoms with Gasteiger partial charge in [0.05, 0.1) is 11.6 Å². The Balaban J connectivity index is 1.65. The minimum atomic E-state index is -1.07. The van der Waals surface area contributed by atoms with E-state index >= 15 is 0 Å². The number of aliphatic hydroxyl groups is 1. The zero-order valence-corrected chi connectivity index (χ0v) is 17.9. The van der Waals surface area contributed by atoms with Crippen molar-refractivity contribution in [1.82, 2.24) is 9.88 Å². The Morgan fingerprint density at radius 3 is 2.76 bits per heavy atom. The minimum absolute atomic E-state index is 0.0147. The lowest BCUT2D eigenvalue weighted by Gasteiger charge is -2.25. The van der Waals surface area contributed by atoms with Gasteiger partial charge in [-0.3, -0.25) is 14.6 Å². The lowest BCUT2D eigenvalue weighted by atomic mass is 9.94. The van der Waals surface area contributed by atoms with Gasteiger partial charge in [0.1, 0.15) is 23.4 Å². The molecule has 2 unspecified atom stereocenters. The van der Waals surface area contributed by atoms with Gasteiger partial charge in [-0.15, -0.1) is 0 Å². The van der Waals surface area contributed by atoms with Crippen LogP contribution in [0.3, 0.4) is 0 Å². The maximum absolute atomic E-state index is 14.9. The van der Waals surface area contributed by atoms with Gasteiger partial charge in [-0.2, -0.15) is 0 Å². The number of carbonyl (C=O) groups is 2. The SMILES string of the molecule is CC1Cc2cc(/C(O)=C3/C(=O)C(=O)N(Cc4cccnc4)C3c3ccccc3F)ccc2O1. The fourth-order valence-electron chi connectivity index (χ4n) is 4.48. The molecule has 3 aromatic rings. The number of amides is 1. The van der Waals surface area contributed by atoms with Crippen molar-refractivity contribution in [1.29, 1.82) is 0 Å². The second kappa shape index (κ2) is 8.16. The molecule has 1 N–H and O–H groups in total. The van der Waals surface area contributed by atoms with Gasteiger partial charge < -0.3 is 14.7 Å². The Bertz CT molecular complexity index is 1290. The number of aliphatic hydroxyl groups excluding tert-OH is 1. The zero-order valence-electron chi connectivity index (χ0n) is 17.9. The molecule has 1 fully saturated rings. The van der Waals surface area contributed by atoms with Crippen molar-refractivity contribution in [2.75, 3.05) is 0 Å². The summed E-state index contributed by atoms with van der Waals surface area (Å²) < 4.78 is 20.6. The number of Topliss-reactive ketones (excluding diaryl/α,β-unsaturated/α-hetero) is 1. The minimum Gasteiger partial charge on any atom is -0.507 e. The summed E-state index contributed by atoms with van der Waals surface area (Å²) in [6.45, 7) is 1.99. The molecule has 0 saturated carbocycles. The third kappa shape index (κ3) is 3.65. The normalized spacial score (nSPS) is 21.2. The first-order chi connectivity index (χ1) is 15.9. The number of halogens is 1. The molecular weight excluding hydrogens is 423 g/mol. The van der Waals surface area contributed by atoms with Crippen LogP contribution < -0.4 is 4.74 Å². The van der Waals surface area contributed by atoms with Crippen LogP contribution in [0.1, 0.15) is 35.2 Å². The molecule has 0 aliphatic carbocycles. The molecule has 33 heavy (non-hydrogen) atoms. The highest BCUT2D eigenvalue weighted by molar-refractivity contribution is 6.46. The summed E-state index contributed by atoms with van der Waals surface area (Å²) >= 11 is 0. The van der Waals surface area contributed by atoms with Crippen LogP contribution in [0.2, 0.25) is 0 Å². The van der Waals surface area contributed by atoms with Crippen LogP contribution in [0.15, 0.2) is 72.6 Å². The van der Waals surface area contributed by atoms with E-state index in [4.69, 9.17) is 4.74 Å². The molecule has 0 spiro atoms. The van der Waals surface area contributed by atoms with Crippen LogP contribution in [-0.4, -0.2) is 32.8 Å². The summed E-state index contributed by atoms with van der Waals surface area (Å²) in [6.07, 6.45) is 3.87. The average Bonchev–Trinajstić information content (AvgIpc) is 3.31. The number of fused-ring (bicyclic) bond motifs is 1. The molecule has 2 aliphatic heterocycles. The van der Waals surface area contributed by atoms with Gasteiger partial charge in [0.2, 0.25) is 0 Å². The molecule has 2 atom stereocenters. The number of likely N-dealkylation sites (tertiary alicyclic amines) is 1. The molecule has 3 heterocycles. The number of pyridine rings is 1. The standard InChI is InChI=1S/C26H21FN2O4/c1-15-11-18-12-17(8-9-21(18)33-15)24(30)22-23(19-6-2-3-7-20(19)27)29(26(32)25(22)31)14-16-5-4-10-28-13-16/h2-10,12-13,15,23,30H,11,14H2,1H3/b24-22-. The average molecular weight is 444 g/mol. The summed E-state index contributed by atoms with van der Waals surface area (Å²) in [6, 6.07) is 13.5. The van der Waals surface area contributed by atoms with E-state index in [1.165, 1.54) is 23.1 Å². The number of nitrogens with zero attached hydrogens (tertiary/aromatic N) is 2. The van der Waals surface area contributed by atoms with Crippen molar-refractivity contribution in [3.8, 4) is 5.75 Å². The second-order valence-corrected chi connectivity index (χ2v) is 8.26. The van der Waals surface area contributed by atoms with Gasteiger partial charge in [0.25, 0.3) is 11.7 Å². The van der Waals surface area contributed by atoms with Crippen LogP contribution in [-0.2, 0) is 22.6 Å². The smallest absolute Gasteiger partial charge is 0.295 e. The Morgan fingerprint density at radius 2 is 2.00 bits per heavy atom. The Hall–Kier alpha value is -4.00. The van der Waals surface area contributed by atoms with Crippen molar-refractivity contribution < 1.29 is 23.8 Å². The molecule has 166 valence electrons. The van der Waals surface area contributed by atoms with Crippen LogP contribution in [0.4, 0.5) is 4.39 Å². The van der Waals surface area contributed by atoms with E-state index < -0.39 is 23.5 Å². The predicted octanol–water partition coefficient (Wildman–Crippen LogP) is 4.17. The Labute approximate surface area is 190 Å². The van der Waals surface area contributed by atoms with Crippen molar-refractivity contribution in [2.24, 2.45) is 0 Å². The van der Waals surface area contributed by atoms with E-state index in [1.54, 1.807) is 48.8 Å². The van der Waals surface area contributed by atoms with Crippen LogP contribution in [0, 0.1) is 5.82 Å². The summed E-state index contributed by atoms with van der Waals surface area (Å²) in [4.78, 5) is 31.5. The number of hydrogen-bond donors (Lipinski definition) is 1. The first-order valence-corrected chi connectivity index (χ1v) is 10.7. The zero-order chi connectivity index (χ0) is 23.1. The highest BCUT2D eigenvalue weighted by Gasteiger charge is 2.47. The van der Waals surface area contributed by atoms with Crippen LogP contribution >= 0.6 is 0 Å². The van der Waals surface area contributed by atoms with Crippen molar-refractivity contribution in [3.05, 3.63) is 101 Å². The molecule has 2 aliphatic rings. The fourth-order valence-corrected chi connectivity index (χ4v) is 4.48. The molecule has 0 radical (unpaired) electrons. The Morgan fingerprint density at radius 1 is 1.18 bits per heavy atom. The van der Waals surface area contributed by atoms with Gasteiger partial charge in [0.15, 0.2) is 0 Å². The number of benzene rings is 2. The topological polar surface area (TPSA) is 79.7 Å². The molecule has 0 bridgehead atoms. The number of aromatic nitrogens is 1. The van der Waals surface area contributed by atoms with Crippen molar-refractivity contribution in [3.63, 3.8) is 0 Å². The van der Waals surface area contributed by atoms with Gasteiger partial charge in [-0.05, 0) is 48.4 Å². The van der Waals surface area contributed by atoms with E-state index in [2.05, 4.69) is 4.98 Å². The van der Waals surface area contributed by atoms with Gasteiger partial charge in [-0.25, -0.2) is 4.39 Å². The van der Waals surface area contributed by atoms with E-state index in [1.807, 2.05) is 6.92 Å². The van der Waals surface area contributed by atoms with E-state index in [9.17, 15) is 19.1 Å². The number of carbonyl (C=O) groups excluding carboxylic acids is 2. The van der Waals surface area contributed by atoms with Crippen molar-refractivity contribution >= 4 is 17.4 Å². The third-order valence-electron chi connectivity index (χ3n) is 5.98. The third-order valence-corrected chi connectivity index (χ3v) is 5.98. The lowest BCUT2D eigenvalue weighted by molar-refractivity contribution is -0.140. The number of hydrogen-bond acceptors (Lipinski definition) is 5. The largest absolute Gasteiger partial charge is 0.507 e. The highest BCUT2D eigenvalue weighted by atomic mass is 19.1. The van der Waals surface area contributed by atoms with Crippen LogP contribution in [0.25, 0.3) is 5.76 Å².